The van der Waals surface area contributed by atoms with E-state index in [2.05, 4.69) is 15.3 Å². The lowest BCUT2D eigenvalue weighted by Gasteiger charge is -2.08. The van der Waals surface area contributed by atoms with Crippen LogP contribution < -0.4 is 20.5 Å². The molecule has 1 N–H and O–H groups in total. The molecule has 30 heavy (non-hydrogen) atoms. The zero-order valence-corrected chi connectivity index (χ0v) is 16.1. The number of benzene rings is 2. The molecule has 1 aromatic heterocycles. The van der Waals surface area contributed by atoms with Crippen LogP contribution in [0.3, 0.4) is 0 Å². The second-order valence-electron chi connectivity index (χ2n) is 6.33. The number of rotatable bonds is 7. The number of aryl methyl sites for hydroxylation is 1. The second kappa shape index (κ2) is 9.17. The van der Waals surface area contributed by atoms with Gasteiger partial charge < -0.3 is 13.9 Å². The van der Waals surface area contributed by atoms with Crippen molar-refractivity contribution in [2.24, 2.45) is 5.10 Å². The van der Waals surface area contributed by atoms with Crippen molar-refractivity contribution in [3.63, 3.8) is 0 Å². The van der Waals surface area contributed by atoms with Gasteiger partial charge in [0, 0.05) is 17.5 Å². The molecule has 0 bridgehead atoms. The Hall–Kier alpha value is -3.75. The average Bonchev–Trinajstić information content (AvgIpc) is 2.70. The Kier molecular flexibility index (Phi) is 6.41. The number of hydrogen-bond acceptors (Lipinski definition) is 6. The van der Waals surface area contributed by atoms with Gasteiger partial charge in [0.1, 0.15) is 17.1 Å². The van der Waals surface area contributed by atoms with Crippen molar-refractivity contribution >= 4 is 22.6 Å². The summed E-state index contributed by atoms with van der Waals surface area (Å²) >= 11 is 0. The number of amides is 1. The van der Waals surface area contributed by atoms with Gasteiger partial charge in [0.2, 0.25) is 0 Å². The molecule has 9 heteroatoms. The molecule has 1 amide bonds. The summed E-state index contributed by atoms with van der Waals surface area (Å²) in [7, 11) is 0. The molecular weight excluding hydrogens is 398 g/mol. The summed E-state index contributed by atoms with van der Waals surface area (Å²) in [6.07, 6.45) is 0. The highest BCUT2D eigenvalue weighted by Gasteiger charge is 2.08. The van der Waals surface area contributed by atoms with Crippen LogP contribution >= 0.6 is 0 Å². The summed E-state index contributed by atoms with van der Waals surface area (Å²) in [5.74, 6) is -0.111. The summed E-state index contributed by atoms with van der Waals surface area (Å²) in [6, 6.07) is 12.2. The van der Waals surface area contributed by atoms with Gasteiger partial charge in [-0.2, -0.15) is 13.9 Å². The van der Waals surface area contributed by atoms with Gasteiger partial charge >= 0.3 is 12.2 Å². The first kappa shape index (κ1) is 21.0. The quantitative estimate of drug-likeness (QED) is 0.361. The van der Waals surface area contributed by atoms with Crippen LogP contribution in [0.4, 0.5) is 8.78 Å². The van der Waals surface area contributed by atoms with Crippen LogP contribution in [0.1, 0.15) is 18.1 Å². The van der Waals surface area contributed by atoms with Crippen molar-refractivity contribution in [1.29, 1.82) is 0 Å². The van der Waals surface area contributed by atoms with Gasteiger partial charge in [-0.1, -0.05) is 0 Å². The maximum absolute atomic E-state index is 12.2. The first-order chi connectivity index (χ1) is 14.3. The standard InChI is InChI=1S/C21H18F2N2O5/c1-12-9-20(27)30-18-10-16(7-8-17(12)18)28-11-19(26)25-24-13(2)14-3-5-15(6-4-14)29-21(22)23/h3-10,21H,11H2,1-2H3,(H,25,26)/b24-13-. The molecule has 1 heterocycles. The largest absolute Gasteiger partial charge is 0.484 e. The second-order valence-corrected chi connectivity index (χ2v) is 6.33. The number of hydrazone groups is 1. The highest BCUT2D eigenvalue weighted by Crippen LogP contribution is 2.22. The fourth-order valence-corrected chi connectivity index (χ4v) is 2.66. The highest BCUT2D eigenvalue weighted by molar-refractivity contribution is 5.99. The number of alkyl halides is 2. The molecule has 0 fully saturated rings. The highest BCUT2D eigenvalue weighted by atomic mass is 19.3. The number of carbonyl (C=O) groups excluding carboxylic acids is 1. The van der Waals surface area contributed by atoms with E-state index in [1.54, 1.807) is 38.1 Å². The lowest BCUT2D eigenvalue weighted by Crippen LogP contribution is -2.25. The molecule has 3 aromatic rings. The number of halogens is 2. The van der Waals surface area contributed by atoms with Gasteiger partial charge in [0.15, 0.2) is 6.61 Å². The predicted octanol–water partition coefficient (Wildman–Crippen LogP) is 3.62. The molecule has 0 radical (unpaired) electrons. The van der Waals surface area contributed by atoms with Crippen LogP contribution in [0.15, 0.2) is 62.8 Å². The molecule has 2 aromatic carbocycles. The van der Waals surface area contributed by atoms with Crippen LogP contribution in [-0.4, -0.2) is 24.8 Å². The van der Waals surface area contributed by atoms with Gasteiger partial charge in [-0.15, -0.1) is 0 Å². The Balaban J connectivity index is 1.57. The number of nitrogens with zero attached hydrogens (tertiary/aromatic N) is 1. The van der Waals surface area contributed by atoms with Crippen LogP contribution in [0.5, 0.6) is 11.5 Å². The van der Waals surface area contributed by atoms with E-state index in [9.17, 15) is 18.4 Å². The fraction of sp³-hybridized carbons (Fsp3) is 0.190. The Bertz CT molecular complexity index is 1140. The Morgan fingerprint density at radius 1 is 1.13 bits per heavy atom. The third kappa shape index (κ3) is 5.40. The Morgan fingerprint density at radius 2 is 1.83 bits per heavy atom. The minimum Gasteiger partial charge on any atom is -0.484 e. The number of carbonyl (C=O) groups is 1. The van der Waals surface area contributed by atoms with Crippen molar-refractivity contribution in [1.82, 2.24) is 5.43 Å². The van der Waals surface area contributed by atoms with Gasteiger partial charge in [-0.25, -0.2) is 10.2 Å². The van der Waals surface area contributed by atoms with Crippen molar-refractivity contribution in [3.05, 3.63) is 70.1 Å². The Morgan fingerprint density at radius 3 is 2.53 bits per heavy atom. The SMILES string of the molecule is C/C(=N/NC(=O)COc1ccc2c(C)cc(=O)oc2c1)c1ccc(OC(F)F)cc1. The monoisotopic (exact) mass is 416 g/mol. The van der Waals surface area contributed by atoms with Gasteiger partial charge in [-0.05, 0) is 61.4 Å². The van der Waals surface area contributed by atoms with E-state index < -0.39 is 18.1 Å². The molecule has 0 aliphatic heterocycles. The summed E-state index contributed by atoms with van der Waals surface area (Å²) in [5.41, 5.74) is 4.13. The molecule has 156 valence electrons. The lowest BCUT2D eigenvalue weighted by molar-refractivity contribution is -0.123. The third-order valence-electron chi connectivity index (χ3n) is 4.14. The molecule has 7 nitrogen and oxygen atoms in total. The Labute approximate surface area is 169 Å². The van der Waals surface area contributed by atoms with Crippen molar-refractivity contribution in [3.8, 4) is 11.5 Å². The number of ether oxygens (including phenoxy) is 2. The van der Waals surface area contributed by atoms with E-state index in [-0.39, 0.29) is 12.4 Å². The summed E-state index contributed by atoms with van der Waals surface area (Å²) in [4.78, 5) is 23.5. The van der Waals surface area contributed by atoms with E-state index in [1.807, 2.05) is 0 Å². The smallest absolute Gasteiger partial charge is 0.387 e. The number of nitrogens with one attached hydrogen (secondary N) is 1. The molecule has 3 rings (SSSR count). The number of hydrogen-bond donors (Lipinski definition) is 1. The molecule has 0 saturated heterocycles. The molecule has 0 aliphatic carbocycles. The van der Waals surface area contributed by atoms with Gasteiger partial charge in [-0.3, -0.25) is 4.79 Å². The lowest BCUT2D eigenvalue weighted by atomic mass is 10.1. The van der Waals surface area contributed by atoms with Crippen LogP contribution in [0.2, 0.25) is 0 Å². The van der Waals surface area contributed by atoms with E-state index in [1.165, 1.54) is 24.3 Å². The molecule has 0 unspecified atom stereocenters. The van der Waals surface area contributed by atoms with Crippen molar-refractivity contribution < 1.29 is 27.5 Å². The van der Waals surface area contributed by atoms with E-state index in [4.69, 9.17) is 9.15 Å². The normalized spacial score (nSPS) is 11.6. The fourth-order valence-electron chi connectivity index (χ4n) is 2.66. The maximum Gasteiger partial charge on any atom is 0.387 e. The molecule has 0 saturated carbocycles. The number of fused-ring (bicyclic) bond motifs is 1. The first-order valence-electron chi connectivity index (χ1n) is 8.87. The van der Waals surface area contributed by atoms with Crippen LogP contribution in [0.25, 0.3) is 11.0 Å². The van der Waals surface area contributed by atoms with Crippen molar-refractivity contribution in [2.45, 2.75) is 20.5 Å². The topological polar surface area (TPSA) is 90.1 Å². The minimum absolute atomic E-state index is 0.0281. The predicted molar refractivity (Wildman–Crippen MR) is 106 cm³/mol. The summed E-state index contributed by atoms with van der Waals surface area (Å²) in [6.45, 7) is 0.247. The van der Waals surface area contributed by atoms with Crippen LogP contribution in [-0.2, 0) is 4.79 Å². The average molecular weight is 416 g/mol. The van der Waals surface area contributed by atoms with Crippen LogP contribution in [0, 0.1) is 6.92 Å². The maximum atomic E-state index is 12.2. The van der Waals surface area contributed by atoms with Gasteiger partial charge in [0.25, 0.3) is 5.91 Å². The summed E-state index contributed by atoms with van der Waals surface area (Å²) in [5, 5.41) is 4.73. The van der Waals surface area contributed by atoms with Crippen molar-refractivity contribution in [2.75, 3.05) is 6.61 Å². The molecule has 0 atom stereocenters. The minimum atomic E-state index is -2.90. The third-order valence-corrected chi connectivity index (χ3v) is 4.14. The zero-order valence-electron chi connectivity index (χ0n) is 16.1. The molecule has 0 spiro atoms. The van der Waals surface area contributed by atoms with E-state index >= 15 is 0 Å². The van der Waals surface area contributed by atoms with E-state index in [0.717, 1.165) is 10.9 Å². The first-order valence-corrected chi connectivity index (χ1v) is 8.87. The molecular formula is C21H18F2N2O5. The zero-order chi connectivity index (χ0) is 21.7. The molecule has 0 aliphatic rings. The summed E-state index contributed by atoms with van der Waals surface area (Å²) < 4.78 is 39.2. The van der Waals surface area contributed by atoms with E-state index in [0.29, 0.717) is 22.6 Å². The van der Waals surface area contributed by atoms with Gasteiger partial charge in [0.05, 0.1) is 5.71 Å².